The van der Waals surface area contributed by atoms with Gasteiger partial charge in [-0.3, -0.25) is 4.79 Å². The molecule has 1 atom stereocenters. The molecule has 0 radical (unpaired) electrons. The van der Waals surface area contributed by atoms with E-state index in [2.05, 4.69) is 9.97 Å². The first-order valence-electron chi connectivity index (χ1n) is 6.45. The molecule has 0 saturated carbocycles. The van der Waals surface area contributed by atoms with E-state index in [1.54, 1.807) is 25.5 Å². The molecule has 1 unspecified atom stereocenters. The summed E-state index contributed by atoms with van der Waals surface area (Å²) in [4.78, 5) is 20.4. The van der Waals surface area contributed by atoms with E-state index < -0.39 is 5.92 Å². The van der Waals surface area contributed by atoms with Gasteiger partial charge in [-0.05, 0) is 25.0 Å². The van der Waals surface area contributed by atoms with E-state index in [0.29, 0.717) is 24.5 Å². The maximum atomic E-state index is 12.1. The van der Waals surface area contributed by atoms with Gasteiger partial charge in [0, 0.05) is 19.4 Å². The third kappa shape index (κ3) is 3.34. The second-order valence-corrected chi connectivity index (χ2v) is 4.56. The second kappa shape index (κ2) is 6.18. The number of imidazole rings is 1. The van der Waals surface area contributed by atoms with Crippen molar-refractivity contribution in [3.8, 4) is 0 Å². The molecule has 0 aromatic carbocycles. The van der Waals surface area contributed by atoms with Crippen LogP contribution in [0.3, 0.4) is 0 Å². The predicted octanol–water partition coefficient (Wildman–Crippen LogP) is 1.29. The van der Waals surface area contributed by atoms with E-state index in [-0.39, 0.29) is 5.97 Å². The highest BCUT2D eigenvalue weighted by molar-refractivity contribution is 5.77. The number of carbonyl (C=O) groups excluding carboxylic acids is 1. The Balaban J connectivity index is 2.22. The van der Waals surface area contributed by atoms with Crippen LogP contribution in [0.25, 0.3) is 0 Å². The van der Waals surface area contributed by atoms with Crippen molar-refractivity contribution < 1.29 is 9.53 Å². The second-order valence-electron chi connectivity index (χ2n) is 4.56. The standard InChI is InChI=1S/C14H18N4O2/c1-3-20-14(19)11(12-8-18(2)9-17-12)6-10-4-5-13(15)16-7-10/h4-5,7-9,11H,3,6H2,1-2H3,(H2,15,16). The van der Waals surface area contributed by atoms with Crippen molar-refractivity contribution in [3.63, 3.8) is 0 Å². The number of nitrogens with zero attached hydrogens (tertiary/aromatic N) is 3. The van der Waals surface area contributed by atoms with Crippen molar-refractivity contribution >= 4 is 11.8 Å². The number of anilines is 1. The number of carbonyl (C=O) groups is 1. The summed E-state index contributed by atoms with van der Waals surface area (Å²) < 4.78 is 6.94. The van der Waals surface area contributed by atoms with E-state index in [0.717, 1.165) is 5.56 Å². The third-order valence-corrected chi connectivity index (χ3v) is 2.94. The maximum absolute atomic E-state index is 12.1. The van der Waals surface area contributed by atoms with Crippen molar-refractivity contribution in [3.05, 3.63) is 42.1 Å². The van der Waals surface area contributed by atoms with Gasteiger partial charge in [0.25, 0.3) is 0 Å². The van der Waals surface area contributed by atoms with Gasteiger partial charge < -0.3 is 15.0 Å². The largest absolute Gasteiger partial charge is 0.465 e. The number of esters is 1. The van der Waals surface area contributed by atoms with Gasteiger partial charge in [-0.1, -0.05) is 6.07 Å². The molecule has 20 heavy (non-hydrogen) atoms. The lowest BCUT2D eigenvalue weighted by atomic mass is 9.97. The molecule has 2 rings (SSSR count). The number of aryl methyl sites for hydroxylation is 1. The van der Waals surface area contributed by atoms with Gasteiger partial charge in [0.2, 0.25) is 0 Å². The zero-order valence-corrected chi connectivity index (χ0v) is 11.6. The number of rotatable bonds is 5. The summed E-state index contributed by atoms with van der Waals surface area (Å²) in [5.41, 5.74) is 7.18. The van der Waals surface area contributed by atoms with Crippen molar-refractivity contribution in [1.82, 2.24) is 14.5 Å². The minimum Gasteiger partial charge on any atom is -0.465 e. The topological polar surface area (TPSA) is 83.0 Å². The van der Waals surface area contributed by atoms with Crippen LogP contribution < -0.4 is 5.73 Å². The molecule has 6 heteroatoms. The molecule has 0 bridgehead atoms. The lowest BCUT2D eigenvalue weighted by Crippen LogP contribution is -2.19. The monoisotopic (exact) mass is 274 g/mol. The molecule has 0 saturated heterocycles. The Morgan fingerprint density at radius 3 is 2.80 bits per heavy atom. The van der Waals surface area contributed by atoms with Gasteiger partial charge >= 0.3 is 5.97 Å². The van der Waals surface area contributed by atoms with E-state index in [1.165, 1.54) is 0 Å². The number of ether oxygens (including phenoxy) is 1. The van der Waals surface area contributed by atoms with Crippen LogP contribution in [0.1, 0.15) is 24.1 Å². The Labute approximate surface area is 117 Å². The van der Waals surface area contributed by atoms with Crippen LogP contribution in [0.5, 0.6) is 0 Å². The molecule has 0 amide bonds. The molecule has 0 aliphatic rings. The Hall–Kier alpha value is -2.37. The minimum absolute atomic E-state index is 0.275. The lowest BCUT2D eigenvalue weighted by molar-refractivity contribution is -0.145. The van der Waals surface area contributed by atoms with Crippen molar-refractivity contribution in [2.45, 2.75) is 19.3 Å². The fourth-order valence-electron chi connectivity index (χ4n) is 1.96. The normalized spacial score (nSPS) is 12.1. The van der Waals surface area contributed by atoms with Crippen LogP contribution in [0, 0.1) is 0 Å². The van der Waals surface area contributed by atoms with Gasteiger partial charge in [-0.25, -0.2) is 9.97 Å². The Morgan fingerprint density at radius 1 is 1.45 bits per heavy atom. The Morgan fingerprint density at radius 2 is 2.25 bits per heavy atom. The molecule has 2 aromatic heterocycles. The fraction of sp³-hybridized carbons (Fsp3) is 0.357. The number of pyridine rings is 1. The zero-order valence-electron chi connectivity index (χ0n) is 11.6. The van der Waals surface area contributed by atoms with Crippen LogP contribution >= 0.6 is 0 Å². The average molecular weight is 274 g/mol. The molecule has 2 N–H and O–H groups in total. The van der Waals surface area contributed by atoms with E-state index in [9.17, 15) is 4.79 Å². The minimum atomic E-state index is -0.429. The highest BCUT2D eigenvalue weighted by atomic mass is 16.5. The molecule has 2 aromatic rings. The van der Waals surface area contributed by atoms with Crippen LogP contribution in [0.2, 0.25) is 0 Å². The van der Waals surface area contributed by atoms with Gasteiger partial charge in [0.15, 0.2) is 0 Å². The van der Waals surface area contributed by atoms with Crippen molar-refractivity contribution in [2.75, 3.05) is 12.3 Å². The highest BCUT2D eigenvalue weighted by Crippen LogP contribution is 2.21. The Kier molecular flexibility index (Phi) is 4.34. The van der Waals surface area contributed by atoms with E-state index in [1.807, 2.05) is 23.9 Å². The van der Waals surface area contributed by atoms with Crippen LogP contribution in [-0.2, 0) is 23.0 Å². The summed E-state index contributed by atoms with van der Waals surface area (Å²) >= 11 is 0. The number of nitrogens with two attached hydrogens (primary N) is 1. The molecule has 0 fully saturated rings. The molecular weight excluding hydrogens is 256 g/mol. The number of aromatic nitrogens is 3. The molecular formula is C14H18N4O2. The maximum Gasteiger partial charge on any atom is 0.315 e. The lowest BCUT2D eigenvalue weighted by Gasteiger charge is -2.13. The third-order valence-electron chi connectivity index (χ3n) is 2.94. The van der Waals surface area contributed by atoms with E-state index >= 15 is 0 Å². The van der Waals surface area contributed by atoms with E-state index in [4.69, 9.17) is 10.5 Å². The predicted molar refractivity (Wildman–Crippen MR) is 74.9 cm³/mol. The highest BCUT2D eigenvalue weighted by Gasteiger charge is 2.24. The smallest absolute Gasteiger partial charge is 0.315 e. The van der Waals surface area contributed by atoms with Gasteiger partial charge in [-0.2, -0.15) is 0 Å². The summed E-state index contributed by atoms with van der Waals surface area (Å²) in [7, 11) is 1.86. The molecule has 0 aliphatic heterocycles. The first kappa shape index (κ1) is 14.0. The summed E-state index contributed by atoms with van der Waals surface area (Å²) in [5.74, 6) is -0.246. The fourth-order valence-corrected chi connectivity index (χ4v) is 1.96. The van der Waals surface area contributed by atoms with Crippen molar-refractivity contribution in [1.29, 1.82) is 0 Å². The van der Waals surface area contributed by atoms with Crippen LogP contribution in [0.4, 0.5) is 5.82 Å². The first-order chi connectivity index (χ1) is 9.60. The number of hydrogen-bond donors (Lipinski definition) is 1. The SMILES string of the molecule is CCOC(=O)C(Cc1ccc(N)nc1)c1cn(C)cn1. The molecule has 106 valence electrons. The van der Waals surface area contributed by atoms with Gasteiger partial charge in [0.1, 0.15) is 11.7 Å². The summed E-state index contributed by atoms with van der Waals surface area (Å²) in [6.07, 6.45) is 5.66. The van der Waals surface area contributed by atoms with Gasteiger partial charge in [-0.15, -0.1) is 0 Å². The van der Waals surface area contributed by atoms with Gasteiger partial charge in [0.05, 0.1) is 18.6 Å². The molecule has 0 spiro atoms. The average Bonchev–Trinajstić information content (AvgIpc) is 2.84. The molecule has 0 aliphatic carbocycles. The molecule has 2 heterocycles. The zero-order chi connectivity index (χ0) is 14.5. The number of nitrogen functional groups attached to an aromatic ring is 1. The number of hydrogen-bond acceptors (Lipinski definition) is 5. The van der Waals surface area contributed by atoms with Crippen LogP contribution in [0.15, 0.2) is 30.9 Å². The molecule has 6 nitrogen and oxygen atoms in total. The summed E-state index contributed by atoms with van der Waals surface area (Å²) in [6.45, 7) is 2.14. The summed E-state index contributed by atoms with van der Waals surface area (Å²) in [5, 5.41) is 0. The summed E-state index contributed by atoms with van der Waals surface area (Å²) in [6, 6.07) is 3.58. The quantitative estimate of drug-likeness (QED) is 0.831. The van der Waals surface area contributed by atoms with Crippen molar-refractivity contribution in [2.24, 2.45) is 7.05 Å². The van der Waals surface area contributed by atoms with Crippen LogP contribution in [-0.4, -0.2) is 27.1 Å². The Bertz CT molecular complexity index is 577. The first-order valence-corrected chi connectivity index (χ1v) is 6.45.